The van der Waals surface area contributed by atoms with E-state index in [9.17, 15) is 8.42 Å². The molecule has 108 valence electrons. The standard InChI is InChI=1S/C15H19NO3S/c17-10-4-8-13-7-3-9-15(11-13)20(18,19)16-12-14-5-1-2-6-14/h3,7,9,11,14,16-17H,1-2,5-6,10,12H2. The van der Waals surface area contributed by atoms with Crippen molar-refractivity contribution in [2.45, 2.75) is 30.6 Å². The van der Waals surface area contributed by atoms with E-state index < -0.39 is 10.0 Å². The number of aliphatic hydroxyl groups is 1. The van der Waals surface area contributed by atoms with Gasteiger partial charge in [0.1, 0.15) is 6.61 Å². The van der Waals surface area contributed by atoms with Gasteiger partial charge in [-0.1, -0.05) is 30.7 Å². The molecule has 0 aliphatic heterocycles. The molecule has 0 saturated heterocycles. The molecule has 0 heterocycles. The molecule has 0 aromatic heterocycles. The molecular formula is C15H19NO3S. The Morgan fingerprint density at radius 1 is 1.30 bits per heavy atom. The van der Waals surface area contributed by atoms with Crippen LogP contribution >= 0.6 is 0 Å². The molecule has 0 radical (unpaired) electrons. The van der Waals surface area contributed by atoms with Crippen molar-refractivity contribution < 1.29 is 13.5 Å². The highest BCUT2D eigenvalue weighted by molar-refractivity contribution is 7.89. The first-order valence-corrected chi connectivity index (χ1v) is 8.29. The molecule has 0 atom stereocenters. The van der Waals surface area contributed by atoms with Crippen molar-refractivity contribution in [3.05, 3.63) is 29.8 Å². The van der Waals surface area contributed by atoms with Gasteiger partial charge in [0, 0.05) is 12.1 Å². The summed E-state index contributed by atoms with van der Waals surface area (Å²) in [5.41, 5.74) is 0.586. The van der Waals surface area contributed by atoms with E-state index in [4.69, 9.17) is 5.11 Å². The fourth-order valence-electron chi connectivity index (χ4n) is 2.41. The van der Waals surface area contributed by atoms with Gasteiger partial charge in [-0.25, -0.2) is 13.1 Å². The maximum atomic E-state index is 12.2. The van der Waals surface area contributed by atoms with Gasteiger partial charge in [0.2, 0.25) is 10.0 Å². The maximum absolute atomic E-state index is 12.2. The predicted molar refractivity (Wildman–Crippen MR) is 77.6 cm³/mol. The summed E-state index contributed by atoms with van der Waals surface area (Å²) < 4.78 is 27.1. The smallest absolute Gasteiger partial charge is 0.240 e. The largest absolute Gasteiger partial charge is 0.384 e. The summed E-state index contributed by atoms with van der Waals surface area (Å²) in [4.78, 5) is 0.222. The summed E-state index contributed by atoms with van der Waals surface area (Å²) in [5.74, 6) is 5.68. The number of aliphatic hydroxyl groups excluding tert-OH is 1. The second-order valence-electron chi connectivity index (χ2n) is 4.99. The van der Waals surface area contributed by atoms with Crippen LogP contribution in [0.2, 0.25) is 0 Å². The summed E-state index contributed by atoms with van der Waals surface area (Å²) >= 11 is 0. The first-order chi connectivity index (χ1) is 9.62. The van der Waals surface area contributed by atoms with Gasteiger partial charge < -0.3 is 5.11 Å². The fourth-order valence-corrected chi connectivity index (χ4v) is 3.57. The molecule has 1 fully saturated rings. The molecule has 5 heteroatoms. The molecule has 0 amide bonds. The van der Waals surface area contributed by atoms with E-state index in [1.54, 1.807) is 18.2 Å². The topological polar surface area (TPSA) is 66.4 Å². The van der Waals surface area contributed by atoms with Gasteiger partial charge in [-0.15, -0.1) is 0 Å². The molecular weight excluding hydrogens is 274 g/mol. The highest BCUT2D eigenvalue weighted by Crippen LogP contribution is 2.24. The SMILES string of the molecule is O=S(=O)(NCC1CCCC1)c1cccc(C#CCO)c1. The average Bonchev–Trinajstić information content (AvgIpc) is 2.97. The Morgan fingerprint density at radius 2 is 2.05 bits per heavy atom. The average molecular weight is 293 g/mol. The van der Waals surface area contributed by atoms with E-state index in [0.29, 0.717) is 18.0 Å². The van der Waals surface area contributed by atoms with Crippen molar-refractivity contribution in [2.24, 2.45) is 5.92 Å². The van der Waals surface area contributed by atoms with Gasteiger partial charge in [-0.2, -0.15) is 0 Å². The quantitative estimate of drug-likeness (QED) is 0.827. The second kappa shape index (κ2) is 6.89. The molecule has 1 aliphatic carbocycles. The number of hydrogen-bond acceptors (Lipinski definition) is 3. The Labute approximate surface area is 120 Å². The lowest BCUT2D eigenvalue weighted by Gasteiger charge is -2.11. The number of rotatable bonds is 4. The molecule has 2 N–H and O–H groups in total. The van der Waals surface area contributed by atoms with Crippen LogP contribution in [0.25, 0.3) is 0 Å². The number of benzene rings is 1. The van der Waals surface area contributed by atoms with Gasteiger partial charge in [-0.3, -0.25) is 0 Å². The Morgan fingerprint density at radius 3 is 2.75 bits per heavy atom. The van der Waals surface area contributed by atoms with E-state index in [0.717, 1.165) is 12.8 Å². The van der Waals surface area contributed by atoms with E-state index >= 15 is 0 Å². The van der Waals surface area contributed by atoms with Gasteiger partial charge in [-0.05, 0) is 37.0 Å². The Kier molecular flexibility index (Phi) is 5.18. The van der Waals surface area contributed by atoms with Crippen LogP contribution in [-0.4, -0.2) is 26.7 Å². The van der Waals surface area contributed by atoms with E-state index in [1.807, 2.05) is 0 Å². The maximum Gasteiger partial charge on any atom is 0.240 e. The molecule has 1 aromatic carbocycles. The van der Waals surface area contributed by atoms with Crippen LogP contribution < -0.4 is 4.72 Å². The van der Waals surface area contributed by atoms with Crippen molar-refractivity contribution in [3.63, 3.8) is 0 Å². The molecule has 0 unspecified atom stereocenters. The van der Waals surface area contributed by atoms with Gasteiger partial charge in [0.05, 0.1) is 4.90 Å². The lowest BCUT2D eigenvalue weighted by molar-refractivity contribution is 0.350. The summed E-state index contributed by atoms with van der Waals surface area (Å²) in [7, 11) is -3.48. The first-order valence-electron chi connectivity index (χ1n) is 6.81. The second-order valence-corrected chi connectivity index (χ2v) is 6.76. The van der Waals surface area contributed by atoms with Crippen LogP contribution in [0.15, 0.2) is 29.2 Å². The zero-order valence-corrected chi connectivity index (χ0v) is 12.1. The van der Waals surface area contributed by atoms with Crippen LogP contribution in [0.5, 0.6) is 0 Å². The Bertz CT molecular complexity index is 607. The van der Waals surface area contributed by atoms with Gasteiger partial charge >= 0.3 is 0 Å². The van der Waals surface area contributed by atoms with Crippen molar-refractivity contribution >= 4 is 10.0 Å². The zero-order valence-electron chi connectivity index (χ0n) is 11.3. The van der Waals surface area contributed by atoms with Crippen LogP contribution in [0.3, 0.4) is 0 Å². The highest BCUT2D eigenvalue weighted by Gasteiger charge is 2.19. The van der Waals surface area contributed by atoms with E-state index in [2.05, 4.69) is 16.6 Å². The van der Waals surface area contributed by atoms with Crippen LogP contribution in [0.4, 0.5) is 0 Å². The van der Waals surface area contributed by atoms with Crippen LogP contribution in [-0.2, 0) is 10.0 Å². The van der Waals surface area contributed by atoms with Gasteiger partial charge in [0.25, 0.3) is 0 Å². The minimum Gasteiger partial charge on any atom is -0.384 e. The monoisotopic (exact) mass is 293 g/mol. The zero-order chi connectivity index (χ0) is 14.4. The molecule has 1 aromatic rings. The third kappa shape index (κ3) is 4.07. The minimum atomic E-state index is -3.48. The van der Waals surface area contributed by atoms with Crippen molar-refractivity contribution in [1.29, 1.82) is 0 Å². The van der Waals surface area contributed by atoms with Gasteiger partial charge in [0.15, 0.2) is 0 Å². The summed E-state index contributed by atoms with van der Waals surface area (Å²) in [6, 6.07) is 6.46. The first kappa shape index (κ1) is 15.0. The number of nitrogens with one attached hydrogen (secondary N) is 1. The highest BCUT2D eigenvalue weighted by atomic mass is 32.2. The predicted octanol–water partition coefficient (Wildman–Crippen LogP) is 1.50. The Balaban J connectivity index is 2.08. The molecule has 0 spiro atoms. The molecule has 0 bridgehead atoms. The molecule has 1 saturated carbocycles. The fraction of sp³-hybridized carbons (Fsp3) is 0.467. The normalized spacial score (nSPS) is 15.8. The van der Waals surface area contributed by atoms with Crippen LogP contribution in [0, 0.1) is 17.8 Å². The molecule has 20 heavy (non-hydrogen) atoms. The number of sulfonamides is 1. The van der Waals surface area contributed by atoms with Crippen molar-refractivity contribution in [3.8, 4) is 11.8 Å². The number of hydrogen-bond donors (Lipinski definition) is 2. The molecule has 1 aliphatic rings. The Hall–Kier alpha value is -1.35. The minimum absolute atomic E-state index is 0.222. The van der Waals surface area contributed by atoms with Crippen molar-refractivity contribution in [1.82, 2.24) is 4.72 Å². The van der Waals surface area contributed by atoms with Crippen molar-refractivity contribution in [2.75, 3.05) is 13.2 Å². The lowest BCUT2D eigenvalue weighted by atomic mass is 10.1. The summed E-state index contributed by atoms with van der Waals surface area (Å²) in [5, 5.41) is 8.66. The lowest BCUT2D eigenvalue weighted by Crippen LogP contribution is -2.28. The van der Waals surface area contributed by atoms with Crippen LogP contribution in [0.1, 0.15) is 31.2 Å². The molecule has 2 rings (SSSR count). The molecule has 4 nitrogen and oxygen atoms in total. The van der Waals surface area contributed by atoms with E-state index in [-0.39, 0.29) is 11.5 Å². The van der Waals surface area contributed by atoms with E-state index in [1.165, 1.54) is 18.9 Å². The summed E-state index contributed by atoms with van der Waals surface area (Å²) in [6.07, 6.45) is 4.59. The summed E-state index contributed by atoms with van der Waals surface area (Å²) in [6.45, 7) is 0.270. The third-order valence-electron chi connectivity index (χ3n) is 3.49. The third-order valence-corrected chi connectivity index (χ3v) is 4.91.